The summed E-state index contributed by atoms with van der Waals surface area (Å²) >= 11 is 0. The van der Waals surface area contributed by atoms with Gasteiger partial charge in [0.05, 0.1) is 0 Å². The molecule has 0 saturated carbocycles. The fourth-order valence-electron chi connectivity index (χ4n) is 5.61. The summed E-state index contributed by atoms with van der Waals surface area (Å²) in [7, 11) is 4.28. The number of hydrogen-bond acceptors (Lipinski definition) is 2. The van der Waals surface area contributed by atoms with Crippen LogP contribution in [0.2, 0.25) is 0 Å². The molecule has 0 fully saturated rings. The third-order valence-electron chi connectivity index (χ3n) is 8.36. The smallest absolute Gasteiger partial charge is 0.00369 e. The quantitative estimate of drug-likeness (QED) is 0.0398. The Morgan fingerprint density at radius 2 is 0.425 bits per heavy atom. The van der Waals surface area contributed by atoms with Crippen molar-refractivity contribution in [2.45, 2.75) is 205 Å². The summed E-state index contributed by atoms with van der Waals surface area (Å²) in [5, 5.41) is 0. The van der Waals surface area contributed by atoms with Crippen LogP contribution in [0.3, 0.4) is 0 Å². The van der Waals surface area contributed by atoms with Gasteiger partial charge in [-0.15, -0.1) is 13.2 Å². The maximum Gasteiger partial charge on any atom is 0.00369 e. The summed E-state index contributed by atoms with van der Waals surface area (Å²) in [6.45, 7) is 7.61. The maximum atomic E-state index is 3.80. The van der Waals surface area contributed by atoms with Crippen LogP contribution in [0.5, 0.6) is 0 Å². The van der Waals surface area contributed by atoms with Crippen LogP contribution < -0.4 is 0 Å². The summed E-state index contributed by atoms with van der Waals surface area (Å²) in [6, 6.07) is 0. The van der Waals surface area contributed by atoms with Crippen molar-refractivity contribution in [2.75, 3.05) is 11.5 Å². The summed E-state index contributed by atoms with van der Waals surface area (Å²) in [6.07, 6.45) is 50.0. The highest BCUT2D eigenvalue weighted by Gasteiger charge is 1.97. The van der Waals surface area contributed by atoms with E-state index in [9.17, 15) is 0 Å². The van der Waals surface area contributed by atoms with Crippen LogP contribution in [0.4, 0.5) is 0 Å². The first-order valence-electron chi connectivity index (χ1n) is 18.4. The molecule has 0 aromatic carbocycles. The average molecular weight is 595 g/mol. The fourth-order valence-corrected chi connectivity index (χ4v) is 7.91. The third-order valence-corrected chi connectivity index (χ3v) is 10.9. The standard InChI is InChI=1S/C38H74S2/c1-3-5-7-9-11-13-15-17-19-21-23-25-27-29-31-33-35-37-39-40-38-36-34-32-30-28-26-24-22-20-18-16-14-12-10-8-6-4-2/h3-4H,1-2,5-38H2. The average Bonchev–Trinajstić information content (AvgIpc) is 2.97. The van der Waals surface area contributed by atoms with Crippen LogP contribution in [0, 0.1) is 0 Å². The summed E-state index contributed by atoms with van der Waals surface area (Å²) in [5.74, 6) is 2.74. The minimum absolute atomic E-state index is 1.20. The van der Waals surface area contributed by atoms with E-state index in [4.69, 9.17) is 0 Å². The van der Waals surface area contributed by atoms with E-state index in [1.54, 1.807) is 0 Å². The van der Waals surface area contributed by atoms with Crippen LogP contribution in [-0.2, 0) is 0 Å². The van der Waals surface area contributed by atoms with Crippen molar-refractivity contribution in [3.63, 3.8) is 0 Å². The Hall–Kier alpha value is 0.180. The first-order chi connectivity index (χ1) is 19.9. The molecule has 2 heteroatoms. The Morgan fingerprint density at radius 1 is 0.250 bits per heavy atom. The van der Waals surface area contributed by atoms with Crippen LogP contribution in [0.15, 0.2) is 25.3 Å². The van der Waals surface area contributed by atoms with Gasteiger partial charge in [-0.1, -0.05) is 201 Å². The Bertz CT molecular complexity index is 418. The van der Waals surface area contributed by atoms with E-state index in [1.807, 2.05) is 0 Å². The second kappa shape index (κ2) is 39.2. The number of allylic oxidation sites excluding steroid dienone is 2. The molecular formula is C38H74S2. The molecule has 238 valence electrons. The van der Waals surface area contributed by atoms with Gasteiger partial charge in [0, 0.05) is 11.5 Å². The van der Waals surface area contributed by atoms with Crippen LogP contribution in [0.1, 0.15) is 205 Å². The van der Waals surface area contributed by atoms with Crippen LogP contribution in [0.25, 0.3) is 0 Å². The summed E-state index contributed by atoms with van der Waals surface area (Å²) in [4.78, 5) is 0. The monoisotopic (exact) mass is 595 g/mol. The molecule has 0 amide bonds. The highest BCUT2D eigenvalue weighted by molar-refractivity contribution is 8.76. The Labute approximate surface area is 263 Å². The molecule has 0 aliphatic rings. The van der Waals surface area contributed by atoms with Gasteiger partial charge >= 0.3 is 0 Å². The number of hydrogen-bond donors (Lipinski definition) is 0. The van der Waals surface area contributed by atoms with Crippen LogP contribution >= 0.6 is 21.6 Å². The molecule has 0 nitrogen and oxygen atoms in total. The largest absolute Gasteiger partial charge is 0.103 e. The van der Waals surface area contributed by atoms with E-state index < -0.39 is 0 Å². The van der Waals surface area contributed by atoms with Crippen molar-refractivity contribution in [2.24, 2.45) is 0 Å². The molecule has 0 rings (SSSR count). The molecule has 0 aromatic rings. The maximum absolute atomic E-state index is 3.80. The molecule has 0 unspecified atom stereocenters. The lowest BCUT2D eigenvalue weighted by molar-refractivity contribution is 0.533. The lowest BCUT2D eigenvalue weighted by Gasteiger charge is -2.04. The van der Waals surface area contributed by atoms with E-state index in [-0.39, 0.29) is 0 Å². The predicted molar refractivity (Wildman–Crippen MR) is 193 cm³/mol. The highest BCUT2D eigenvalue weighted by atomic mass is 33.1. The second-order valence-electron chi connectivity index (χ2n) is 12.4. The van der Waals surface area contributed by atoms with Gasteiger partial charge in [0.1, 0.15) is 0 Å². The van der Waals surface area contributed by atoms with Gasteiger partial charge in [-0.05, 0) is 38.5 Å². The van der Waals surface area contributed by atoms with Crippen molar-refractivity contribution in [3.8, 4) is 0 Å². The van der Waals surface area contributed by atoms with Gasteiger partial charge in [-0.3, -0.25) is 0 Å². The molecule has 0 heterocycles. The summed E-state index contributed by atoms with van der Waals surface area (Å²) in [5.41, 5.74) is 0. The van der Waals surface area contributed by atoms with Crippen molar-refractivity contribution >= 4 is 21.6 Å². The van der Waals surface area contributed by atoms with Gasteiger partial charge in [-0.2, -0.15) is 0 Å². The topological polar surface area (TPSA) is 0 Å². The zero-order valence-electron chi connectivity index (χ0n) is 27.4. The molecule has 0 aliphatic heterocycles. The van der Waals surface area contributed by atoms with Gasteiger partial charge in [0.25, 0.3) is 0 Å². The molecular weight excluding hydrogens is 521 g/mol. The molecule has 0 saturated heterocycles. The first kappa shape index (κ1) is 40.2. The Kier molecular flexibility index (Phi) is 39.4. The van der Waals surface area contributed by atoms with Gasteiger partial charge in [0.2, 0.25) is 0 Å². The van der Waals surface area contributed by atoms with Gasteiger partial charge in [-0.25, -0.2) is 0 Å². The molecule has 0 aliphatic carbocycles. The first-order valence-corrected chi connectivity index (χ1v) is 20.9. The molecule has 0 radical (unpaired) electrons. The van der Waals surface area contributed by atoms with Crippen molar-refractivity contribution in [1.29, 1.82) is 0 Å². The van der Waals surface area contributed by atoms with Crippen LogP contribution in [-0.4, -0.2) is 11.5 Å². The molecule has 0 N–H and O–H groups in total. The molecule has 0 spiro atoms. The predicted octanol–water partition coefficient (Wildman–Crippen LogP) is 15.2. The highest BCUT2D eigenvalue weighted by Crippen LogP contribution is 2.25. The number of rotatable bonds is 37. The van der Waals surface area contributed by atoms with Crippen molar-refractivity contribution in [1.82, 2.24) is 0 Å². The van der Waals surface area contributed by atoms with Crippen molar-refractivity contribution < 1.29 is 0 Å². The van der Waals surface area contributed by atoms with Gasteiger partial charge in [0.15, 0.2) is 0 Å². The Morgan fingerprint density at radius 3 is 0.625 bits per heavy atom. The molecule has 0 atom stereocenters. The zero-order chi connectivity index (χ0) is 28.9. The van der Waals surface area contributed by atoms with E-state index in [2.05, 4.69) is 46.9 Å². The van der Waals surface area contributed by atoms with Gasteiger partial charge < -0.3 is 0 Å². The minimum Gasteiger partial charge on any atom is -0.103 e. The van der Waals surface area contributed by atoms with E-state index in [0.717, 1.165) is 0 Å². The van der Waals surface area contributed by atoms with E-state index in [1.165, 1.54) is 217 Å². The van der Waals surface area contributed by atoms with Crippen molar-refractivity contribution in [3.05, 3.63) is 25.3 Å². The van der Waals surface area contributed by atoms with E-state index >= 15 is 0 Å². The molecule has 0 bridgehead atoms. The van der Waals surface area contributed by atoms with E-state index in [0.29, 0.717) is 0 Å². The Balaban J connectivity index is 3.02. The molecule has 0 aromatic heterocycles. The lowest BCUT2D eigenvalue weighted by Crippen LogP contribution is -1.85. The summed E-state index contributed by atoms with van der Waals surface area (Å²) < 4.78 is 0. The molecule has 40 heavy (non-hydrogen) atoms. The fraction of sp³-hybridized carbons (Fsp3) is 0.895. The second-order valence-corrected chi connectivity index (χ2v) is 15.1. The SMILES string of the molecule is C=CCCCCCCCCCCCCCCCCCSSCCCCCCCCCCCCCCCCCC=C. The zero-order valence-corrected chi connectivity index (χ0v) is 29.1. The minimum atomic E-state index is 1.20. The number of unbranched alkanes of at least 4 members (excludes halogenated alkanes) is 30. The lowest BCUT2D eigenvalue weighted by atomic mass is 10.0. The normalized spacial score (nSPS) is 11.3. The third kappa shape index (κ3) is 38.2.